The van der Waals surface area contributed by atoms with E-state index in [1.54, 1.807) is 33.8 Å². The Bertz CT molecular complexity index is 572. The lowest BCUT2D eigenvalue weighted by Crippen LogP contribution is -2.44. The van der Waals surface area contributed by atoms with E-state index in [1.165, 1.54) is 6.20 Å². The number of ether oxygens (including phenoxy) is 1. The van der Waals surface area contributed by atoms with Gasteiger partial charge in [0.2, 0.25) is 5.91 Å². The summed E-state index contributed by atoms with van der Waals surface area (Å²) in [5.74, 6) is -0.390. The molecule has 2 amide bonds. The van der Waals surface area contributed by atoms with Crippen LogP contribution in [0, 0.1) is 0 Å². The number of amides is 2. The van der Waals surface area contributed by atoms with Gasteiger partial charge in [0.05, 0.1) is 17.6 Å². The Hall–Kier alpha value is -2.02. The molecule has 8 heteroatoms. The number of nitrogens with one attached hydrogen (secondary N) is 3. The highest BCUT2D eigenvalue weighted by atomic mass is 35.5. The van der Waals surface area contributed by atoms with Gasteiger partial charge in [0.15, 0.2) is 0 Å². The van der Waals surface area contributed by atoms with E-state index < -0.39 is 17.7 Å². The molecule has 0 aliphatic carbocycles. The number of halogens is 1. The number of carbonyl (C=O) groups excluding carboxylic acids is 2. The maximum Gasteiger partial charge on any atom is 0.408 e. The third-order valence-corrected chi connectivity index (χ3v) is 2.83. The molecule has 1 rings (SSSR count). The molecule has 7 nitrogen and oxygen atoms in total. The molecule has 0 aliphatic heterocycles. The van der Waals surface area contributed by atoms with Crippen molar-refractivity contribution < 1.29 is 14.3 Å². The van der Waals surface area contributed by atoms with Gasteiger partial charge in [-0.2, -0.15) is 0 Å². The van der Waals surface area contributed by atoms with Gasteiger partial charge in [0.1, 0.15) is 16.8 Å². The summed E-state index contributed by atoms with van der Waals surface area (Å²) in [5.41, 5.74) is 0.517. The number of rotatable bonds is 5. The lowest BCUT2D eigenvalue weighted by atomic mass is 10.2. The molecule has 0 spiro atoms. The fourth-order valence-corrected chi connectivity index (χ4v) is 1.81. The first kappa shape index (κ1) is 19.0. The van der Waals surface area contributed by atoms with E-state index in [0.29, 0.717) is 23.1 Å². The van der Waals surface area contributed by atoms with Crippen LogP contribution < -0.4 is 16.0 Å². The quantitative estimate of drug-likeness (QED) is 0.715. The summed E-state index contributed by atoms with van der Waals surface area (Å²) in [6.45, 7) is 9.40. The fourth-order valence-electron chi connectivity index (χ4n) is 1.66. The minimum atomic E-state index is -0.769. The fraction of sp³-hybridized carbons (Fsp3) is 0.533. The van der Waals surface area contributed by atoms with Crippen molar-refractivity contribution in [2.24, 2.45) is 0 Å². The van der Waals surface area contributed by atoms with Crippen LogP contribution in [-0.4, -0.2) is 35.2 Å². The molecule has 0 aliphatic rings. The Labute approximate surface area is 141 Å². The van der Waals surface area contributed by atoms with Crippen molar-refractivity contribution in [2.45, 2.75) is 46.3 Å². The summed E-state index contributed by atoms with van der Waals surface area (Å²) < 4.78 is 5.11. The summed E-state index contributed by atoms with van der Waals surface area (Å²) >= 11 is 5.84. The van der Waals surface area contributed by atoms with Gasteiger partial charge < -0.3 is 20.7 Å². The van der Waals surface area contributed by atoms with Gasteiger partial charge in [0, 0.05) is 12.6 Å². The van der Waals surface area contributed by atoms with Crippen LogP contribution >= 0.6 is 11.6 Å². The first-order chi connectivity index (χ1) is 10.6. The van der Waals surface area contributed by atoms with E-state index in [0.717, 1.165) is 0 Å². The second-order valence-corrected chi connectivity index (χ2v) is 6.33. The second kappa shape index (κ2) is 8.01. The minimum Gasteiger partial charge on any atom is -0.444 e. The molecule has 0 radical (unpaired) electrons. The summed E-state index contributed by atoms with van der Waals surface area (Å²) in [6, 6.07) is 0.849. The van der Waals surface area contributed by atoms with Crippen LogP contribution in [0.15, 0.2) is 12.3 Å². The molecule has 1 heterocycles. The molecule has 1 aromatic rings. The average molecular weight is 343 g/mol. The van der Waals surface area contributed by atoms with E-state index >= 15 is 0 Å². The molecular weight excluding hydrogens is 320 g/mol. The van der Waals surface area contributed by atoms with Crippen LogP contribution in [0.2, 0.25) is 5.15 Å². The zero-order valence-electron chi connectivity index (χ0n) is 14.0. The summed E-state index contributed by atoms with van der Waals surface area (Å²) in [6.07, 6.45) is 0.805. The highest BCUT2D eigenvalue weighted by Gasteiger charge is 2.21. The van der Waals surface area contributed by atoms with Crippen molar-refractivity contribution in [3.8, 4) is 0 Å². The number of pyridine rings is 1. The van der Waals surface area contributed by atoms with Gasteiger partial charge in [-0.3, -0.25) is 4.79 Å². The van der Waals surface area contributed by atoms with E-state index in [-0.39, 0.29) is 5.91 Å². The molecule has 0 saturated heterocycles. The number of anilines is 2. The second-order valence-electron chi connectivity index (χ2n) is 5.94. The molecular formula is C15H23ClN4O3. The molecule has 0 fully saturated rings. The summed E-state index contributed by atoms with van der Waals surface area (Å²) in [7, 11) is 0. The van der Waals surface area contributed by atoms with Gasteiger partial charge in [-0.05, 0) is 34.6 Å². The number of carbonyl (C=O) groups is 2. The average Bonchev–Trinajstić information content (AvgIpc) is 2.39. The van der Waals surface area contributed by atoms with E-state index in [2.05, 4.69) is 20.9 Å². The number of alkyl carbamates (subject to hydrolysis) is 1. The monoisotopic (exact) mass is 342 g/mol. The molecule has 1 atom stereocenters. The Kier molecular flexibility index (Phi) is 6.62. The molecule has 0 saturated carbocycles. The summed E-state index contributed by atoms with van der Waals surface area (Å²) in [5, 5.41) is 8.58. The number of hydrogen-bond donors (Lipinski definition) is 3. The predicted molar refractivity (Wildman–Crippen MR) is 90.9 cm³/mol. The van der Waals surface area contributed by atoms with Crippen LogP contribution in [0.3, 0.4) is 0 Å². The van der Waals surface area contributed by atoms with Gasteiger partial charge in [-0.15, -0.1) is 0 Å². The van der Waals surface area contributed by atoms with Crippen molar-refractivity contribution >= 4 is 35.0 Å². The zero-order chi connectivity index (χ0) is 17.6. The van der Waals surface area contributed by atoms with Crippen molar-refractivity contribution in [3.63, 3.8) is 0 Å². The molecule has 23 heavy (non-hydrogen) atoms. The Morgan fingerprint density at radius 1 is 1.35 bits per heavy atom. The highest BCUT2D eigenvalue weighted by molar-refractivity contribution is 6.29. The highest BCUT2D eigenvalue weighted by Crippen LogP contribution is 2.23. The number of hydrogen-bond acceptors (Lipinski definition) is 5. The standard InChI is InChI=1S/C15H23ClN4O3/c1-6-17-10-7-12(16)18-8-11(10)20-13(21)9(2)19-14(22)23-15(3,4)5/h7-9H,6H2,1-5H3,(H,17,18)(H,19,22)(H,20,21)/t9-/m1/s1. The van der Waals surface area contributed by atoms with Crippen LogP contribution in [-0.2, 0) is 9.53 Å². The van der Waals surface area contributed by atoms with Crippen LogP contribution in [0.1, 0.15) is 34.6 Å². The van der Waals surface area contributed by atoms with Gasteiger partial charge in [-0.25, -0.2) is 9.78 Å². The van der Waals surface area contributed by atoms with E-state index in [4.69, 9.17) is 16.3 Å². The SMILES string of the molecule is CCNc1cc(Cl)ncc1NC(=O)[C@@H](C)NC(=O)OC(C)(C)C. The molecule has 1 aromatic heterocycles. The van der Waals surface area contributed by atoms with E-state index in [9.17, 15) is 9.59 Å². The van der Waals surface area contributed by atoms with Gasteiger partial charge >= 0.3 is 6.09 Å². The zero-order valence-corrected chi connectivity index (χ0v) is 14.7. The normalized spacial score (nSPS) is 12.3. The number of nitrogens with zero attached hydrogens (tertiary/aromatic N) is 1. The minimum absolute atomic E-state index is 0.318. The number of aromatic nitrogens is 1. The smallest absolute Gasteiger partial charge is 0.408 e. The predicted octanol–water partition coefficient (Wildman–Crippen LogP) is 3.02. The maximum absolute atomic E-state index is 12.2. The largest absolute Gasteiger partial charge is 0.444 e. The third-order valence-electron chi connectivity index (χ3n) is 2.62. The molecule has 128 valence electrons. The van der Waals surface area contributed by atoms with Crippen molar-refractivity contribution in [1.82, 2.24) is 10.3 Å². The van der Waals surface area contributed by atoms with Gasteiger partial charge in [0.25, 0.3) is 0 Å². The molecule has 3 N–H and O–H groups in total. The van der Waals surface area contributed by atoms with E-state index in [1.807, 2.05) is 6.92 Å². The molecule has 0 aromatic carbocycles. The first-order valence-corrected chi connectivity index (χ1v) is 7.70. The summed E-state index contributed by atoms with van der Waals surface area (Å²) in [4.78, 5) is 27.8. The lowest BCUT2D eigenvalue weighted by Gasteiger charge is -2.22. The van der Waals surface area contributed by atoms with Crippen LogP contribution in [0.5, 0.6) is 0 Å². The van der Waals surface area contributed by atoms with Crippen LogP contribution in [0.4, 0.5) is 16.2 Å². The van der Waals surface area contributed by atoms with Gasteiger partial charge in [-0.1, -0.05) is 11.6 Å². The van der Waals surface area contributed by atoms with Crippen molar-refractivity contribution in [2.75, 3.05) is 17.2 Å². The van der Waals surface area contributed by atoms with Crippen molar-refractivity contribution in [1.29, 1.82) is 0 Å². The van der Waals surface area contributed by atoms with Crippen LogP contribution in [0.25, 0.3) is 0 Å². The Morgan fingerprint density at radius 2 is 2.00 bits per heavy atom. The van der Waals surface area contributed by atoms with Crippen molar-refractivity contribution in [3.05, 3.63) is 17.4 Å². The molecule has 0 bridgehead atoms. The third kappa shape index (κ3) is 6.73. The Morgan fingerprint density at radius 3 is 2.57 bits per heavy atom. The topological polar surface area (TPSA) is 92.4 Å². The molecule has 0 unspecified atom stereocenters. The first-order valence-electron chi connectivity index (χ1n) is 7.32. The lowest BCUT2D eigenvalue weighted by molar-refractivity contribution is -0.117. The maximum atomic E-state index is 12.2. The Balaban J connectivity index is 2.70.